The average molecular weight is 95.1 g/mol. The molecule has 0 aliphatic carbocycles. The van der Waals surface area contributed by atoms with Gasteiger partial charge < -0.3 is 0 Å². The molecule has 0 aliphatic rings. The lowest BCUT2D eigenvalue weighted by molar-refractivity contribution is 0.563. The number of carbonyl (C=O) groups excluding carboxylic acids is 1. The van der Waals surface area contributed by atoms with E-state index in [0.717, 1.165) is 6.08 Å². The number of hydrogen-bond donors (Lipinski definition) is 1. The van der Waals surface area contributed by atoms with E-state index in [1.54, 1.807) is 0 Å². The summed E-state index contributed by atoms with van der Waals surface area (Å²) in [6.45, 7) is 0. The van der Waals surface area contributed by atoms with Crippen LogP contribution in [0.1, 0.15) is 0 Å². The lowest BCUT2D eigenvalue weighted by Crippen LogP contribution is -1.26. The zero-order valence-corrected chi connectivity index (χ0v) is 3.30. The molecule has 0 radical (unpaired) electrons. The van der Waals surface area contributed by atoms with E-state index in [1.165, 1.54) is 12.1 Å². The van der Waals surface area contributed by atoms with E-state index in [-0.39, 0.29) is 0 Å². The molecule has 0 atom stereocenters. The van der Waals surface area contributed by atoms with Gasteiger partial charge in [-0.15, -0.1) is 0 Å². The van der Waals surface area contributed by atoms with E-state index in [2.05, 4.69) is 0 Å². The quantitative estimate of drug-likeness (QED) is 0.337. The van der Waals surface area contributed by atoms with Crippen LogP contribution in [-0.4, -0.2) is 6.08 Å². The van der Waals surface area contributed by atoms with Crippen LogP contribution in [0.25, 0.3) is 0 Å². The Hall–Kier alpha value is -1.64. The molecule has 0 saturated heterocycles. The number of isocyanates is 1. The van der Waals surface area contributed by atoms with Gasteiger partial charge in [0.25, 0.3) is 0 Å². The van der Waals surface area contributed by atoms with Crippen molar-refractivity contribution in [2.75, 3.05) is 0 Å². The Balaban J connectivity index is 0. The third kappa shape index (κ3) is 59.3. The highest BCUT2D eigenvalue weighted by Crippen LogP contribution is 1.27. The minimum Gasteiger partial charge on any atom is -0.222 e. The SMILES string of the molecule is N#CC#N.N=C=O. The van der Waals surface area contributed by atoms with E-state index in [9.17, 15) is 0 Å². The molecule has 0 amide bonds. The molecule has 0 fully saturated rings. The molecule has 0 saturated carbocycles. The molecule has 0 aromatic rings. The summed E-state index contributed by atoms with van der Waals surface area (Å²) < 4.78 is 0. The van der Waals surface area contributed by atoms with Gasteiger partial charge in [0.15, 0.2) is 12.1 Å². The Kier molecular flexibility index (Phi) is 34.3. The first-order valence-corrected chi connectivity index (χ1v) is 1.15. The van der Waals surface area contributed by atoms with Gasteiger partial charge in [-0.25, -0.2) is 10.2 Å². The van der Waals surface area contributed by atoms with E-state index in [4.69, 9.17) is 20.7 Å². The van der Waals surface area contributed by atoms with Crippen molar-refractivity contribution in [1.29, 1.82) is 15.9 Å². The third-order valence-corrected chi connectivity index (χ3v) is 0.0500. The van der Waals surface area contributed by atoms with Crippen LogP contribution in [0.4, 0.5) is 0 Å². The van der Waals surface area contributed by atoms with Crippen molar-refractivity contribution in [2.24, 2.45) is 0 Å². The lowest BCUT2D eigenvalue weighted by atomic mass is 10.9. The summed E-state index contributed by atoms with van der Waals surface area (Å²) in [6, 6.07) is 2.47. The second-order valence-electron chi connectivity index (χ2n) is 0.326. The van der Waals surface area contributed by atoms with Crippen LogP contribution in [0.15, 0.2) is 0 Å². The van der Waals surface area contributed by atoms with Crippen molar-refractivity contribution >= 4 is 6.08 Å². The number of nitriles is 2. The molecule has 0 bridgehead atoms. The fraction of sp³-hybridized carbons (Fsp3) is 0. The van der Waals surface area contributed by atoms with Gasteiger partial charge in [-0.05, 0) is 0 Å². The Morgan fingerprint density at radius 3 is 1.43 bits per heavy atom. The summed E-state index contributed by atoms with van der Waals surface area (Å²) in [5.41, 5.74) is 0. The van der Waals surface area contributed by atoms with Crippen LogP contribution in [0, 0.1) is 28.1 Å². The van der Waals surface area contributed by atoms with Crippen LogP contribution in [0.5, 0.6) is 0 Å². The third-order valence-electron chi connectivity index (χ3n) is 0.0500. The zero-order valence-electron chi connectivity index (χ0n) is 3.30. The molecule has 4 heteroatoms. The van der Waals surface area contributed by atoms with Crippen LogP contribution >= 0.6 is 0 Å². The van der Waals surface area contributed by atoms with Crippen molar-refractivity contribution in [2.45, 2.75) is 0 Å². The smallest absolute Gasteiger partial charge is 0.222 e. The number of hydrogen-bond acceptors (Lipinski definition) is 4. The van der Waals surface area contributed by atoms with Gasteiger partial charge in [-0.3, -0.25) is 0 Å². The van der Waals surface area contributed by atoms with Gasteiger partial charge in [-0.1, -0.05) is 0 Å². The summed E-state index contributed by atoms with van der Waals surface area (Å²) in [5.74, 6) is 0. The van der Waals surface area contributed by atoms with Crippen LogP contribution in [0.3, 0.4) is 0 Å². The van der Waals surface area contributed by atoms with Crippen molar-refractivity contribution in [3.63, 3.8) is 0 Å². The van der Waals surface area contributed by atoms with Crippen LogP contribution in [-0.2, 0) is 4.79 Å². The topological polar surface area (TPSA) is 88.5 Å². The van der Waals surface area contributed by atoms with E-state index >= 15 is 0 Å². The second kappa shape index (κ2) is 26.6. The average Bonchev–Trinajstić information content (AvgIpc) is 1.69. The largest absolute Gasteiger partial charge is 0.231 e. The van der Waals surface area contributed by atoms with Crippen molar-refractivity contribution < 1.29 is 4.79 Å². The Bertz CT molecular complexity index is 119. The van der Waals surface area contributed by atoms with Crippen molar-refractivity contribution in [1.82, 2.24) is 0 Å². The summed E-state index contributed by atoms with van der Waals surface area (Å²) in [4.78, 5) is 8.35. The predicted octanol–water partition coefficient (Wildman–Crippen LogP) is -0.0655. The van der Waals surface area contributed by atoms with Gasteiger partial charge in [0, 0.05) is 0 Å². The summed E-state index contributed by atoms with van der Waals surface area (Å²) in [7, 11) is 0. The van der Waals surface area contributed by atoms with Crippen LogP contribution in [0.2, 0.25) is 0 Å². The molecule has 1 N–H and O–H groups in total. The molecule has 0 spiro atoms. The van der Waals surface area contributed by atoms with E-state index in [0.29, 0.717) is 0 Å². The maximum Gasteiger partial charge on any atom is 0.231 e. The molecule has 34 valence electrons. The molecular weight excluding hydrogens is 94.1 g/mol. The predicted molar refractivity (Wildman–Crippen MR) is 19.6 cm³/mol. The maximum atomic E-state index is 8.35. The molecule has 0 aliphatic heterocycles. The Morgan fingerprint density at radius 1 is 1.29 bits per heavy atom. The summed E-state index contributed by atoms with van der Waals surface area (Å²) in [6.07, 6.45) is 0.750. The lowest BCUT2D eigenvalue weighted by Gasteiger charge is -1.16. The minimum atomic E-state index is 0.750. The Labute approximate surface area is 40.1 Å². The standard InChI is InChI=1S/C2N2.CHNO/c3-1-2-4;2-1-3/h;2H. The minimum absolute atomic E-state index is 0.750. The van der Waals surface area contributed by atoms with Gasteiger partial charge in [0.2, 0.25) is 6.08 Å². The summed E-state index contributed by atoms with van der Waals surface area (Å²) in [5, 5.41) is 19.9. The first-order valence-electron chi connectivity index (χ1n) is 1.15. The second-order valence-corrected chi connectivity index (χ2v) is 0.326. The van der Waals surface area contributed by atoms with Crippen LogP contribution < -0.4 is 0 Å². The molecular formula is C3HN3O. The number of nitrogens with zero attached hydrogens (tertiary/aromatic N) is 2. The first-order chi connectivity index (χ1) is 3.33. The van der Waals surface area contributed by atoms with Gasteiger partial charge >= 0.3 is 0 Å². The number of nitrogens with one attached hydrogen (secondary N) is 1. The molecule has 0 aromatic carbocycles. The monoisotopic (exact) mass is 95.0 g/mol. The maximum absolute atomic E-state index is 8.35. The fourth-order valence-electron chi connectivity index (χ4n) is 0. The summed E-state index contributed by atoms with van der Waals surface area (Å²) >= 11 is 0. The highest BCUT2D eigenvalue weighted by atomic mass is 16.1. The van der Waals surface area contributed by atoms with Crippen molar-refractivity contribution in [3.05, 3.63) is 0 Å². The first kappa shape index (κ1) is 9.03. The molecule has 7 heavy (non-hydrogen) atoms. The van der Waals surface area contributed by atoms with Crippen molar-refractivity contribution in [3.8, 4) is 12.1 Å². The van der Waals surface area contributed by atoms with Gasteiger partial charge in [0.1, 0.15) is 0 Å². The fourth-order valence-corrected chi connectivity index (χ4v) is 0. The van der Waals surface area contributed by atoms with E-state index < -0.39 is 0 Å². The zero-order chi connectivity index (χ0) is 6.12. The highest BCUT2D eigenvalue weighted by Gasteiger charge is 1.39. The Morgan fingerprint density at radius 2 is 1.43 bits per heavy atom. The highest BCUT2D eigenvalue weighted by molar-refractivity contribution is 5.26. The molecule has 4 nitrogen and oxygen atoms in total. The van der Waals surface area contributed by atoms with Gasteiger partial charge in [-0.2, -0.15) is 10.5 Å². The molecule has 0 heterocycles. The van der Waals surface area contributed by atoms with E-state index in [1.807, 2.05) is 0 Å². The van der Waals surface area contributed by atoms with Gasteiger partial charge in [0.05, 0.1) is 0 Å². The molecule has 0 rings (SSSR count). The molecule has 0 unspecified atom stereocenters. The number of rotatable bonds is 0. The normalized spacial score (nSPS) is 2.57. The molecule has 0 aromatic heterocycles.